The van der Waals surface area contributed by atoms with Crippen molar-refractivity contribution < 1.29 is 19.0 Å². The molecule has 0 saturated heterocycles. The SMILES string of the molecule is CCOc1c(Cl)cc(C(=O)Nc2cc(C)c(Cl)cc2OC)cc1OC. The van der Waals surface area contributed by atoms with E-state index in [1.54, 1.807) is 18.2 Å². The molecule has 0 saturated carbocycles. The summed E-state index contributed by atoms with van der Waals surface area (Å²) < 4.78 is 16.0. The van der Waals surface area contributed by atoms with E-state index in [4.69, 9.17) is 37.4 Å². The molecule has 0 aliphatic carbocycles. The number of halogens is 2. The molecule has 0 unspecified atom stereocenters. The van der Waals surface area contributed by atoms with Crippen LogP contribution in [0, 0.1) is 6.92 Å². The van der Waals surface area contributed by atoms with Gasteiger partial charge in [-0.25, -0.2) is 0 Å². The summed E-state index contributed by atoms with van der Waals surface area (Å²) in [4.78, 5) is 12.6. The zero-order valence-corrected chi connectivity index (χ0v) is 15.9. The third-order valence-corrected chi connectivity index (χ3v) is 4.20. The van der Waals surface area contributed by atoms with Crippen molar-refractivity contribution in [2.75, 3.05) is 26.1 Å². The number of hydrogen-bond acceptors (Lipinski definition) is 4. The fourth-order valence-corrected chi connectivity index (χ4v) is 2.68. The fourth-order valence-electron chi connectivity index (χ4n) is 2.26. The molecule has 2 rings (SSSR count). The van der Waals surface area contributed by atoms with E-state index in [0.29, 0.717) is 45.2 Å². The number of benzene rings is 2. The maximum Gasteiger partial charge on any atom is 0.255 e. The summed E-state index contributed by atoms with van der Waals surface area (Å²) in [5.74, 6) is 0.901. The molecule has 0 aromatic heterocycles. The number of aryl methyl sites for hydroxylation is 1. The van der Waals surface area contributed by atoms with Gasteiger partial charge in [0.1, 0.15) is 5.75 Å². The lowest BCUT2D eigenvalue weighted by Crippen LogP contribution is -2.13. The van der Waals surface area contributed by atoms with Crippen molar-refractivity contribution in [1.29, 1.82) is 0 Å². The molecule has 0 fully saturated rings. The first-order valence-electron chi connectivity index (χ1n) is 7.57. The molecule has 134 valence electrons. The number of amides is 1. The minimum atomic E-state index is -0.358. The van der Waals surface area contributed by atoms with Crippen LogP contribution in [0.15, 0.2) is 24.3 Å². The Labute approximate surface area is 156 Å². The van der Waals surface area contributed by atoms with Crippen molar-refractivity contribution in [2.24, 2.45) is 0 Å². The molecule has 7 heteroatoms. The molecule has 0 heterocycles. The van der Waals surface area contributed by atoms with E-state index in [1.807, 2.05) is 13.8 Å². The van der Waals surface area contributed by atoms with Gasteiger partial charge in [0.15, 0.2) is 11.5 Å². The van der Waals surface area contributed by atoms with Crippen LogP contribution in [0.25, 0.3) is 0 Å². The number of anilines is 1. The average molecular weight is 384 g/mol. The van der Waals surface area contributed by atoms with Gasteiger partial charge in [0.25, 0.3) is 5.91 Å². The van der Waals surface area contributed by atoms with E-state index in [1.165, 1.54) is 20.3 Å². The number of carbonyl (C=O) groups excluding carboxylic acids is 1. The third-order valence-electron chi connectivity index (χ3n) is 3.51. The summed E-state index contributed by atoms with van der Waals surface area (Å²) in [7, 11) is 2.99. The molecule has 0 bridgehead atoms. The summed E-state index contributed by atoms with van der Waals surface area (Å²) in [6.07, 6.45) is 0. The van der Waals surface area contributed by atoms with Crippen LogP contribution in [0.2, 0.25) is 10.0 Å². The Morgan fingerprint density at radius 1 is 1.04 bits per heavy atom. The number of carbonyl (C=O) groups is 1. The first-order chi connectivity index (χ1) is 11.9. The van der Waals surface area contributed by atoms with Gasteiger partial charge in [-0.1, -0.05) is 23.2 Å². The van der Waals surface area contributed by atoms with Gasteiger partial charge in [0, 0.05) is 16.7 Å². The summed E-state index contributed by atoms with van der Waals surface area (Å²) in [5, 5.41) is 3.65. The number of methoxy groups -OCH3 is 2. The molecular weight excluding hydrogens is 365 g/mol. The molecule has 0 aliphatic heterocycles. The predicted molar refractivity (Wildman–Crippen MR) is 99.9 cm³/mol. The Hall–Kier alpha value is -2.11. The van der Waals surface area contributed by atoms with Gasteiger partial charge in [-0.3, -0.25) is 4.79 Å². The molecular formula is C18H19Cl2NO4. The summed E-state index contributed by atoms with van der Waals surface area (Å²) >= 11 is 12.3. The lowest BCUT2D eigenvalue weighted by molar-refractivity contribution is 0.102. The van der Waals surface area contributed by atoms with Gasteiger partial charge in [-0.2, -0.15) is 0 Å². The molecule has 5 nitrogen and oxygen atoms in total. The molecule has 1 amide bonds. The number of ether oxygens (including phenoxy) is 3. The molecule has 0 atom stereocenters. The second-order valence-corrected chi connectivity index (χ2v) is 5.99. The normalized spacial score (nSPS) is 10.3. The highest BCUT2D eigenvalue weighted by molar-refractivity contribution is 6.33. The van der Waals surface area contributed by atoms with Crippen molar-refractivity contribution in [3.8, 4) is 17.2 Å². The van der Waals surface area contributed by atoms with Gasteiger partial charge in [0.2, 0.25) is 0 Å². The molecule has 1 N–H and O–H groups in total. The quantitative estimate of drug-likeness (QED) is 0.764. The lowest BCUT2D eigenvalue weighted by Gasteiger charge is -2.15. The molecule has 25 heavy (non-hydrogen) atoms. The standard InChI is InChI=1S/C18H19Cl2NO4/c1-5-25-17-13(20)7-11(8-16(17)24-4)18(22)21-14-6-10(2)12(19)9-15(14)23-3/h6-9H,5H2,1-4H3,(H,21,22). The largest absolute Gasteiger partial charge is 0.495 e. The van der Waals surface area contributed by atoms with Crippen molar-refractivity contribution in [1.82, 2.24) is 0 Å². The average Bonchev–Trinajstić information content (AvgIpc) is 2.59. The summed E-state index contributed by atoms with van der Waals surface area (Å²) in [6.45, 7) is 4.11. The van der Waals surface area contributed by atoms with E-state index in [9.17, 15) is 4.79 Å². The molecule has 0 spiro atoms. The zero-order chi connectivity index (χ0) is 18.6. The van der Waals surface area contributed by atoms with Gasteiger partial charge >= 0.3 is 0 Å². The third kappa shape index (κ3) is 4.30. The Morgan fingerprint density at radius 2 is 1.72 bits per heavy atom. The first kappa shape index (κ1) is 19.2. The monoisotopic (exact) mass is 383 g/mol. The van der Waals surface area contributed by atoms with E-state index in [-0.39, 0.29) is 5.91 Å². The van der Waals surface area contributed by atoms with Crippen LogP contribution in [-0.2, 0) is 0 Å². The minimum Gasteiger partial charge on any atom is -0.495 e. The maximum atomic E-state index is 12.6. The number of rotatable bonds is 6. The van der Waals surface area contributed by atoms with Crippen LogP contribution in [0.5, 0.6) is 17.2 Å². The Kier molecular flexibility index (Phi) is 6.39. The first-order valence-corrected chi connectivity index (χ1v) is 8.32. The highest BCUT2D eigenvalue weighted by atomic mass is 35.5. The van der Waals surface area contributed by atoms with Crippen molar-refractivity contribution >= 4 is 34.8 Å². The van der Waals surface area contributed by atoms with Crippen LogP contribution in [0.3, 0.4) is 0 Å². The Morgan fingerprint density at radius 3 is 2.32 bits per heavy atom. The van der Waals surface area contributed by atoms with E-state index >= 15 is 0 Å². The highest BCUT2D eigenvalue weighted by Crippen LogP contribution is 2.37. The zero-order valence-electron chi connectivity index (χ0n) is 14.4. The van der Waals surface area contributed by atoms with Gasteiger partial charge in [-0.05, 0) is 37.6 Å². The van der Waals surface area contributed by atoms with E-state index < -0.39 is 0 Å². The predicted octanol–water partition coefficient (Wildman–Crippen LogP) is 4.97. The molecule has 2 aromatic carbocycles. The second kappa shape index (κ2) is 8.32. The molecule has 2 aromatic rings. The van der Waals surface area contributed by atoms with Gasteiger partial charge < -0.3 is 19.5 Å². The van der Waals surface area contributed by atoms with Crippen LogP contribution in [-0.4, -0.2) is 26.7 Å². The van der Waals surface area contributed by atoms with Crippen molar-refractivity contribution in [3.63, 3.8) is 0 Å². The topological polar surface area (TPSA) is 56.8 Å². The second-order valence-electron chi connectivity index (χ2n) is 5.18. The van der Waals surface area contributed by atoms with Crippen molar-refractivity contribution in [3.05, 3.63) is 45.4 Å². The van der Waals surface area contributed by atoms with Crippen molar-refractivity contribution in [2.45, 2.75) is 13.8 Å². The number of hydrogen-bond donors (Lipinski definition) is 1. The van der Waals surface area contributed by atoms with Crippen LogP contribution in [0.1, 0.15) is 22.8 Å². The number of nitrogens with one attached hydrogen (secondary N) is 1. The molecule has 0 radical (unpaired) electrons. The van der Waals surface area contributed by atoms with Gasteiger partial charge in [-0.15, -0.1) is 0 Å². The Bertz CT molecular complexity index is 793. The fraction of sp³-hybridized carbons (Fsp3) is 0.278. The van der Waals surface area contributed by atoms with E-state index in [2.05, 4.69) is 5.32 Å². The smallest absolute Gasteiger partial charge is 0.255 e. The van der Waals surface area contributed by atoms with Gasteiger partial charge in [0.05, 0.1) is 31.5 Å². The maximum absolute atomic E-state index is 12.6. The lowest BCUT2D eigenvalue weighted by atomic mass is 10.1. The minimum absolute atomic E-state index is 0.297. The Balaban J connectivity index is 2.36. The van der Waals surface area contributed by atoms with Crippen LogP contribution in [0.4, 0.5) is 5.69 Å². The highest BCUT2D eigenvalue weighted by Gasteiger charge is 2.17. The summed E-state index contributed by atoms with van der Waals surface area (Å²) in [5.41, 5.74) is 1.67. The van der Waals surface area contributed by atoms with E-state index in [0.717, 1.165) is 5.56 Å². The molecule has 0 aliphatic rings. The van der Waals surface area contributed by atoms with Crippen LogP contribution >= 0.6 is 23.2 Å². The summed E-state index contributed by atoms with van der Waals surface area (Å²) in [6, 6.07) is 6.49. The van der Waals surface area contributed by atoms with Crippen LogP contribution < -0.4 is 19.5 Å².